The fourth-order valence-corrected chi connectivity index (χ4v) is 1.30. The molecule has 0 rings (SSSR count). The number of carbonyl (C=O) groups excluding carboxylic acids is 1. The normalized spacial score (nSPS) is 12.4. The van der Waals surface area contributed by atoms with Gasteiger partial charge in [0, 0.05) is 26.6 Å². The van der Waals surface area contributed by atoms with Gasteiger partial charge < -0.3 is 14.6 Å². The van der Waals surface area contributed by atoms with Crippen molar-refractivity contribution in [2.24, 2.45) is 5.92 Å². The van der Waals surface area contributed by atoms with Gasteiger partial charge in [-0.05, 0) is 12.8 Å². The lowest BCUT2D eigenvalue weighted by atomic mass is 10.0. The van der Waals surface area contributed by atoms with E-state index in [-0.39, 0.29) is 12.2 Å². The molecule has 0 amide bonds. The Kier molecular flexibility index (Phi) is 9.66. The Morgan fingerprint density at radius 3 is 2.47 bits per heavy atom. The number of carboxylic acids is 1. The molecule has 0 fully saturated rings. The van der Waals surface area contributed by atoms with Gasteiger partial charge in [0.2, 0.25) is 0 Å². The van der Waals surface area contributed by atoms with Gasteiger partial charge in [-0.1, -0.05) is 6.92 Å². The third kappa shape index (κ3) is 9.96. The number of Topliss-reactive ketones (excluding diaryl/α,β-unsaturated/α-hetero) is 1. The molecule has 0 aliphatic rings. The van der Waals surface area contributed by atoms with E-state index in [4.69, 9.17) is 14.6 Å². The van der Waals surface area contributed by atoms with Crippen LogP contribution in [0, 0.1) is 5.92 Å². The van der Waals surface area contributed by atoms with Gasteiger partial charge in [-0.2, -0.15) is 0 Å². The second-order valence-corrected chi connectivity index (χ2v) is 4.04. The summed E-state index contributed by atoms with van der Waals surface area (Å²) in [4.78, 5) is 21.9. The molecule has 5 nitrogen and oxygen atoms in total. The van der Waals surface area contributed by atoms with E-state index < -0.39 is 11.9 Å². The van der Waals surface area contributed by atoms with Crippen LogP contribution in [0.3, 0.4) is 0 Å². The summed E-state index contributed by atoms with van der Waals surface area (Å²) in [5, 5.41) is 8.64. The first-order chi connectivity index (χ1) is 8.07. The van der Waals surface area contributed by atoms with Crippen molar-refractivity contribution in [3.63, 3.8) is 0 Å². The minimum absolute atomic E-state index is 0.0109. The van der Waals surface area contributed by atoms with Crippen LogP contribution in [0.25, 0.3) is 0 Å². The number of hydrogen-bond acceptors (Lipinski definition) is 4. The number of aliphatic carboxylic acids is 1. The van der Waals surface area contributed by atoms with Crippen LogP contribution in [-0.4, -0.2) is 43.8 Å². The Labute approximate surface area is 102 Å². The average molecular weight is 246 g/mol. The van der Waals surface area contributed by atoms with E-state index in [9.17, 15) is 9.59 Å². The molecule has 0 aliphatic heterocycles. The van der Waals surface area contributed by atoms with Gasteiger partial charge in [-0.25, -0.2) is 0 Å². The van der Waals surface area contributed by atoms with Crippen LogP contribution in [0.5, 0.6) is 0 Å². The Morgan fingerprint density at radius 2 is 1.88 bits per heavy atom. The Balaban J connectivity index is 3.36. The maximum absolute atomic E-state index is 11.4. The number of carboxylic acid groups (broad SMARTS) is 1. The zero-order chi connectivity index (χ0) is 13.1. The molecule has 0 aliphatic carbocycles. The summed E-state index contributed by atoms with van der Waals surface area (Å²) in [6, 6.07) is 0. The third-order valence-electron chi connectivity index (χ3n) is 2.38. The summed E-state index contributed by atoms with van der Waals surface area (Å²) in [7, 11) is 1.62. The SMILES string of the molecule is COCCOCCCCC(=O)CC(C)C(=O)O. The Morgan fingerprint density at radius 1 is 1.18 bits per heavy atom. The molecule has 0 radical (unpaired) electrons. The Bertz CT molecular complexity index is 227. The molecule has 0 heterocycles. The molecular weight excluding hydrogens is 224 g/mol. The van der Waals surface area contributed by atoms with E-state index >= 15 is 0 Å². The van der Waals surface area contributed by atoms with E-state index in [2.05, 4.69) is 0 Å². The van der Waals surface area contributed by atoms with Gasteiger partial charge in [0.25, 0.3) is 0 Å². The van der Waals surface area contributed by atoms with E-state index in [1.165, 1.54) is 0 Å². The van der Waals surface area contributed by atoms with Crippen LogP contribution in [0.4, 0.5) is 0 Å². The second-order valence-electron chi connectivity index (χ2n) is 4.04. The highest BCUT2D eigenvalue weighted by molar-refractivity contribution is 5.83. The maximum Gasteiger partial charge on any atom is 0.306 e. The molecule has 100 valence electrons. The fraction of sp³-hybridized carbons (Fsp3) is 0.833. The molecule has 1 N–H and O–H groups in total. The van der Waals surface area contributed by atoms with Gasteiger partial charge in [0.1, 0.15) is 5.78 Å². The summed E-state index contributed by atoms with van der Waals surface area (Å²) in [6.45, 7) is 3.31. The first-order valence-corrected chi connectivity index (χ1v) is 5.89. The second kappa shape index (κ2) is 10.2. The number of ether oxygens (including phenoxy) is 2. The van der Waals surface area contributed by atoms with E-state index in [0.717, 1.165) is 12.8 Å². The van der Waals surface area contributed by atoms with Crippen LogP contribution in [0.2, 0.25) is 0 Å². The van der Waals surface area contributed by atoms with Gasteiger partial charge in [0.05, 0.1) is 19.1 Å². The summed E-state index contributed by atoms with van der Waals surface area (Å²) in [5.74, 6) is -1.49. The van der Waals surface area contributed by atoms with Crippen molar-refractivity contribution in [2.75, 3.05) is 26.9 Å². The summed E-state index contributed by atoms with van der Waals surface area (Å²) < 4.78 is 10.1. The topological polar surface area (TPSA) is 72.8 Å². The molecule has 0 spiro atoms. The van der Waals surface area contributed by atoms with Crippen molar-refractivity contribution in [1.82, 2.24) is 0 Å². The van der Waals surface area contributed by atoms with Gasteiger partial charge >= 0.3 is 5.97 Å². The van der Waals surface area contributed by atoms with Gasteiger partial charge in [0.15, 0.2) is 0 Å². The van der Waals surface area contributed by atoms with Crippen molar-refractivity contribution in [2.45, 2.75) is 32.6 Å². The van der Waals surface area contributed by atoms with Gasteiger partial charge in [-0.3, -0.25) is 9.59 Å². The number of methoxy groups -OCH3 is 1. The van der Waals surface area contributed by atoms with Crippen molar-refractivity contribution >= 4 is 11.8 Å². The van der Waals surface area contributed by atoms with Crippen LogP contribution in [-0.2, 0) is 19.1 Å². The molecule has 17 heavy (non-hydrogen) atoms. The molecule has 0 aromatic rings. The smallest absolute Gasteiger partial charge is 0.306 e. The number of carbonyl (C=O) groups is 2. The summed E-state index contributed by atoms with van der Waals surface area (Å²) in [5.41, 5.74) is 0. The van der Waals surface area contributed by atoms with E-state index in [0.29, 0.717) is 26.2 Å². The van der Waals surface area contributed by atoms with Crippen LogP contribution in [0.1, 0.15) is 32.6 Å². The quantitative estimate of drug-likeness (QED) is 0.559. The number of rotatable bonds is 11. The molecule has 0 bridgehead atoms. The number of hydrogen-bond donors (Lipinski definition) is 1. The van der Waals surface area contributed by atoms with Gasteiger partial charge in [-0.15, -0.1) is 0 Å². The first kappa shape index (κ1) is 16.1. The third-order valence-corrected chi connectivity index (χ3v) is 2.38. The molecular formula is C12H22O5. The van der Waals surface area contributed by atoms with Crippen LogP contribution >= 0.6 is 0 Å². The highest BCUT2D eigenvalue weighted by Crippen LogP contribution is 2.07. The molecule has 1 unspecified atom stereocenters. The zero-order valence-electron chi connectivity index (χ0n) is 10.6. The lowest BCUT2D eigenvalue weighted by molar-refractivity contribution is -0.143. The molecule has 0 saturated carbocycles. The van der Waals surface area contributed by atoms with E-state index in [1.807, 2.05) is 0 Å². The maximum atomic E-state index is 11.4. The molecule has 0 aromatic heterocycles. The predicted octanol–water partition coefficient (Wildman–Crippen LogP) is 1.50. The molecule has 0 aromatic carbocycles. The molecule has 1 atom stereocenters. The minimum Gasteiger partial charge on any atom is -0.481 e. The minimum atomic E-state index is -0.916. The fourth-order valence-electron chi connectivity index (χ4n) is 1.30. The monoisotopic (exact) mass is 246 g/mol. The summed E-state index contributed by atoms with van der Waals surface area (Å²) >= 11 is 0. The van der Waals surface area contributed by atoms with Crippen molar-refractivity contribution in [3.05, 3.63) is 0 Å². The number of ketones is 1. The standard InChI is InChI=1S/C12H22O5/c1-10(12(14)15)9-11(13)5-3-4-6-17-8-7-16-2/h10H,3-9H2,1-2H3,(H,14,15). The Hall–Kier alpha value is -0.940. The van der Waals surface area contributed by atoms with Crippen molar-refractivity contribution in [1.29, 1.82) is 0 Å². The predicted molar refractivity (Wildman–Crippen MR) is 63.0 cm³/mol. The van der Waals surface area contributed by atoms with Crippen molar-refractivity contribution < 1.29 is 24.2 Å². The van der Waals surface area contributed by atoms with Crippen LogP contribution < -0.4 is 0 Å². The average Bonchev–Trinajstić information content (AvgIpc) is 2.27. The zero-order valence-corrected chi connectivity index (χ0v) is 10.6. The lowest BCUT2D eigenvalue weighted by Crippen LogP contribution is -2.14. The van der Waals surface area contributed by atoms with E-state index in [1.54, 1.807) is 14.0 Å². The summed E-state index contributed by atoms with van der Waals surface area (Å²) in [6.07, 6.45) is 2.13. The van der Waals surface area contributed by atoms with Crippen LogP contribution in [0.15, 0.2) is 0 Å². The highest BCUT2D eigenvalue weighted by Gasteiger charge is 2.14. The van der Waals surface area contributed by atoms with Crippen molar-refractivity contribution in [3.8, 4) is 0 Å². The molecule has 5 heteroatoms. The first-order valence-electron chi connectivity index (χ1n) is 5.89. The lowest BCUT2D eigenvalue weighted by Gasteiger charge is -2.05. The highest BCUT2D eigenvalue weighted by atomic mass is 16.5. The largest absolute Gasteiger partial charge is 0.481 e. The molecule has 0 saturated heterocycles. The number of unbranched alkanes of at least 4 members (excludes halogenated alkanes) is 1.